The zero-order chi connectivity index (χ0) is 7.30. The first kappa shape index (κ1) is 5.88. The summed E-state index contributed by atoms with van der Waals surface area (Å²) in [6.45, 7) is 0. The first-order valence-electron chi connectivity index (χ1n) is 3.05. The van der Waals surface area contributed by atoms with E-state index in [1.165, 1.54) is 6.08 Å². The second-order valence-corrected chi connectivity index (χ2v) is 2.50. The number of hydrogen-bond acceptors (Lipinski definition) is 4. The van der Waals surface area contributed by atoms with Crippen LogP contribution in [0.15, 0.2) is 11.8 Å². The van der Waals surface area contributed by atoms with Crippen LogP contribution in [0.5, 0.6) is 0 Å². The first-order chi connectivity index (χ1) is 4.70. The van der Waals surface area contributed by atoms with Gasteiger partial charge < -0.3 is 15.6 Å². The van der Waals surface area contributed by atoms with Crippen LogP contribution in [0.3, 0.4) is 0 Å². The average molecular weight is 141 g/mol. The van der Waals surface area contributed by atoms with Gasteiger partial charge in [-0.3, -0.25) is 4.79 Å². The fourth-order valence-electron chi connectivity index (χ4n) is 1.12. The summed E-state index contributed by atoms with van der Waals surface area (Å²) in [6, 6.07) is 0. The highest BCUT2D eigenvalue weighted by atomic mass is 16.6. The van der Waals surface area contributed by atoms with Crippen molar-refractivity contribution in [3.05, 3.63) is 11.8 Å². The number of ether oxygens (including phenoxy) is 1. The van der Waals surface area contributed by atoms with Crippen molar-refractivity contribution in [1.29, 1.82) is 0 Å². The Morgan fingerprint density at radius 1 is 1.70 bits per heavy atom. The molecule has 1 heterocycles. The highest BCUT2D eigenvalue weighted by molar-refractivity contribution is 6.01. The van der Waals surface area contributed by atoms with Gasteiger partial charge in [0.15, 0.2) is 6.10 Å². The molecule has 0 unspecified atom stereocenters. The maximum Gasteiger partial charge on any atom is 0.209 e. The van der Waals surface area contributed by atoms with Crippen LogP contribution in [0, 0.1) is 0 Å². The Hall–Kier alpha value is -0.870. The molecule has 0 aromatic heterocycles. The van der Waals surface area contributed by atoms with E-state index in [1.54, 1.807) is 0 Å². The molecule has 10 heavy (non-hydrogen) atoms. The lowest BCUT2D eigenvalue weighted by atomic mass is 10.0. The van der Waals surface area contributed by atoms with Crippen molar-refractivity contribution in [1.82, 2.24) is 0 Å². The van der Waals surface area contributed by atoms with Crippen molar-refractivity contribution in [3.8, 4) is 0 Å². The number of carbonyl (C=O) groups is 1. The Balaban J connectivity index is 2.30. The molecule has 1 aliphatic carbocycles. The number of Topliss-reactive ketones (excluding diaryl/α,β-unsaturated/α-hetero) is 1. The molecular formula is C6H7NO3. The lowest BCUT2D eigenvalue weighted by Gasteiger charge is -2.07. The van der Waals surface area contributed by atoms with Crippen LogP contribution in [0.1, 0.15) is 0 Å². The van der Waals surface area contributed by atoms with Crippen LogP contribution in [0.4, 0.5) is 0 Å². The third kappa shape index (κ3) is 0.600. The van der Waals surface area contributed by atoms with Gasteiger partial charge in [-0.25, -0.2) is 0 Å². The molecule has 1 aliphatic heterocycles. The van der Waals surface area contributed by atoms with Gasteiger partial charge in [0, 0.05) is 0 Å². The van der Waals surface area contributed by atoms with E-state index >= 15 is 0 Å². The van der Waals surface area contributed by atoms with Gasteiger partial charge in [-0.15, -0.1) is 0 Å². The molecule has 54 valence electrons. The Bertz CT molecular complexity index is 223. The molecule has 1 saturated heterocycles. The van der Waals surface area contributed by atoms with Crippen molar-refractivity contribution in [3.63, 3.8) is 0 Å². The Labute approximate surface area is 57.3 Å². The van der Waals surface area contributed by atoms with E-state index in [9.17, 15) is 4.79 Å². The van der Waals surface area contributed by atoms with E-state index in [2.05, 4.69) is 0 Å². The minimum atomic E-state index is -0.692. The fourth-order valence-corrected chi connectivity index (χ4v) is 1.12. The Morgan fingerprint density at radius 3 is 3.10 bits per heavy atom. The van der Waals surface area contributed by atoms with Crippen LogP contribution in [-0.2, 0) is 9.53 Å². The van der Waals surface area contributed by atoms with E-state index in [4.69, 9.17) is 15.6 Å². The summed E-state index contributed by atoms with van der Waals surface area (Å²) in [5, 5.41) is 9.07. The minimum absolute atomic E-state index is 0.117. The summed E-state index contributed by atoms with van der Waals surface area (Å²) in [6.07, 6.45) is -0.140. The Kier molecular flexibility index (Phi) is 0.934. The second kappa shape index (κ2) is 1.59. The lowest BCUT2D eigenvalue weighted by Crippen LogP contribution is -2.29. The van der Waals surface area contributed by atoms with Crippen molar-refractivity contribution in [2.75, 3.05) is 0 Å². The van der Waals surface area contributed by atoms with Crippen LogP contribution < -0.4 is 5.73 Å². The monoisotopic (exact) mass is 141 g/mol. The van der Waals surface area contributed by atoms with Gasteiger partial charge in [0.2, 0.25) is 5.78 Å². The van der Waals surface area contributed by atoms with E-state index in [-0.39, 0.29) is 17.6 Å². The molecule has 3 N–H and O–H groups in total. The smallest absolute Gasteiger partial charge is 0.209 e. The number of aliphatic hydroxyl groups excluding tert-OH is 1. The molecule has 1 fully saturated rings. The van der Waals surface area contributed by atoms with Crippen LogP contribution >= 0.6 is 0 Å². The third-order valence-electron chi connectivity index (χ3n) is 1.76. The van der Waals surface area contributed by atoms with Gasteiger partial charge in [-0.05, 0) is 6.08 Å². The third-order valence-corrected chi connectivity index (χ3v) is 1.76. The number of rotatable bonds is 0. The topological polar surface area (TPSA) is 75.8 Å². The number of ketones is 1. The molecule has 2 aliphatic rings. The second-order valence-electron chi connectivity index (χ2n) is 2.50. The van der Waals surface area contributed by atoms with E-state index < -0.39 is 12.2 Å². The molecule has 0 spiro atoms. The normalized spacial score (nSPS) is 44.3. The zero-order valence-corrected chi connectivity index (χ0v) is 5.15. The van der Waals surface area contributed by atoms with Crippen molar-refractivity contribution >= 4 is 5.78 Å². The van der Waals surface area contributed by atoms with Crippen LogP contribution in [0.25, 0.3) is 0 Å². The lowest BCUT2D eigenvalue weighted by molar-refractivity contribution is -0.117. The predicted molar refractivity (Wildman–Crippen MR) is 31.9 cm³/mol. The molecule has 0 amide bonds. The van der Waals surface area contributed by atoms with E-state index in [0.717, 1.165) is 0 Å². The molecule has 0 bridgehead atoms. The van der Waals surface area contributed by atoms with E-state index in [1.807, 2.05) is 0 Å². The molecule has 4 nitrogen and oxygen atoms in total. The zero-order valence-electron chi connectivity index (χ0n) is 5.15. The number of carbonyl (C=O) groups excluding carboxylic acids is 1. The number of nitrogens with two attached hydrogens (primary N) is 1. The highest BCUT2D eigenvalue weighted by Crippen LogP contribution is 2.32. The van der Waals surface area contributed by atoms with Gasteiger partial charge in [0.05, 0.1) is 5.70 Å². The molecule has 0 aromatic rings. The summed E-state index contributed by atoms with van der Waals surface area (Å²) in [4.78, 5) is 10.9. The molecule has 0 radical (unpaired) electrons. The number of epoxide rings is 1. The van der Waals surface area contributed by atoms with Gasteiger partial charge in [-0.1, -0.05) is 0 Å². The first-order valence-corrected chi connectivity index (χ1v) is 3.05. The Morgan fingerprint density at radius 2 is 2.40 bits per heavy atom. The van der Waals surface area contributed by atoms with Crippen molar-refractivity contribution in [2.24, 2.45) is 5.73 Å². The quantitative estimate of drug-likeness (QED) is 0.404. The van der Waals surface area contributed by atoms with Gasteiger partial charge in [0.25, 0.3) is 0 Å². The summed E-state index contributed by atoms with van der Waals surface area (Å²) in [7, 11) is 0. The molecule has 3 atom stereocenters. The molecular weight excluding hydrogens is 134 g/mol. The largest absolute Gasteiger partial charge is 0.396 e. The van der Waals surface area contributed by atoms with Crippen LogP contribution in [0.2, 0.25) is 0 Å². The summed E-state index contributed by atoms with van der Waals surface area (Å²) >= 11 is 0. The van der Waals surface area contributed by atoms with Crippen molar-refractivity contribution in [2.45, 2.75) is 18.3 Å². The molecule has 4 heteroatoms. The fraction of sp³-hybridized carbons (Fsp3) is 0.500. The minimum Gasteiger partial charge on any atom is -0.396 e. The maximum atomic E-state index is 10.9. The number of hydrogen-bond donors (Lipinski definition) is 2. The summed E-state index contributed by atoms with van der Waals surface area (Å²) < 4.78 is 4.84. The number of aliphatic hydroxyl groups is 1. The molecule has 2 rings (SSSR count). The van der Waals surface area contributed by atoms with E-state index in [0.29, 0.717) is 0 Å². The SMILES string of the molecule is NC1=C[C@@H](O)[C@H]2O[C@H]2C1=O. The standard InChI is InChI=1S/C6H7NO3/c7-2-1-3(8)5-6(10-5)4(2)9/h1,3,5-6,8H,7H2/t3-,5-,6+/m1/s1. The van der Waals surface area contributed by atoms with Gasteiger partial charge in [0.1, 0.15) is 12.2 Å². The summed E-state index contributed by atoms with van der Waals surface area (Å²) in [5.41, 5.74) is 5.37. The molecule has 0 saturated carbocycles. The molecule has 0 aromatic carbocycles. The van der Waals surface area contributed by atoms with Crippen LogP contribution in [-0.4, -0.2) is 29.2 Å². The average Bonchev–Trinajstić information content (AvgIpc) is 2.61. The van der Waals surface area contributed by atoms with Gasteiger partial charge in [-0.2, -0.15) is 0 Å². The summed E-state index contributed by atoms with van der Waals surface area (Å²) in [5.74, 6) is -0.199. The highest BCUT2D eigenvalue weighted by Gasteiger charge is 2.52. The number of fused-ring (bicyclic) bond motifs is 1. The predicted octanol–water partition coefficient (Wildman–Crippen LogP) is -1.46. The van der Waals surface area contributed by atoms with Gasteiger partial charge >= 0.3 is 0 Å². The maximum absolute atomic E-state index is 10.9. The van der Waals surface area contributed by atoms with Crippen molar-refractivity contribution < 1.29 is 14.6 Å².